The van der Waals surface area contributed by atoms with E-state index in [1.807, 2.05) is 25.1 Å². The summed E-state index contributed by atoms with van der Waals surface area (Å²) in [6.07, 6.45) is 2.16. The largest absolute Gasteiger partial charge is 0.493 e. The molecular weight excluding hydrogens is 535 g/mol. The number of methoxy groups -OCH3 is 2. The number of hydrogen-bond acceptors (Lipinski definition) is 8. The van der Waals surface area contributed by atoms with Gasteiger partial charge in [-0.25, -0.2) is 9.48 Å². The monoisotopic (exact) mass is 562 g/mol. The highest BCUT2D eigenvalue weighted by Crippen LogP contribution is 2.40. The van der Waals surface area contributed by atoms with Gasteiger partial charge in [-0.15, -0.1) is 5.10 Å². The van der Waals surface area contributed by atoms with Crippen molar-refractivity contribution in [1.82, 2.24) is 14.8 Å². The number of nitrogens with zero attached hydrogens (tertiary/aromatic N) is 3. The van der Waals surface area contributed by atoms with E-state index in [0.717, 1.165) is 29.7 Å². The Labute approximate surface area is 230 Å². The van der Waals surface area contributed by atoms with Crippen molar-refractivity contribution in [3.8, 4) is 11.5 Å². The minimum atomic E-state index is -0.564. The van der Waals surface area contributed by atoms with Gasteiger partial charge in [0, 0.05) is 27.1 Å². The first-order valence-electron chi connectivity index (χ1n) is 11.8. The van der Waals surface area contributed by atoms with Crippen LogP contribution in [0.3, 0.4) is 0 Å². The maximum Gasteiger partial charge on any atom is 0.338 e. The lowest BCUT2D eigenvalue weighted by atomic mass is 9.95. The fraction of sp³-hybridized carbons (Fsp3) is 0.346. The van der Waals surface area contributed by atoms with E-state index in [1.165, 1.54) is 7.11 Å². The molecule has 11 heteroatoms. The zero-order valence-electron chi connectivity index (χ0n) is 21.0. The van der Waals surface area contributed by atoms with Crippen LogP contribution in [0.2, 0.25) is 10.0 Å². The highest BCUT2D eigenvalue weighted by Gasteiger charge is 2.35. The normalized spacial score (nSPS) is 14.7. The maximum absolute atomic E-state index is 12.9. The molecule has 37 heavy (non-hydrogen) atoms. The van der Waals surface area contributed by atoms with Crippen molar-refractivity contribution in [3.63, 3.8) is 0 Å². The second kappa shape index (κ2) is 12.1. The first-order chi connectivity index (χ1) is 17.9. The third-order valence-corrected chi connectivity index (χ3v) is 7.38. The van der Waals surface area contributed by atoms with Gasteiger partial charge in [0.25, 0.3) is 0 Å². The molecule has 4 rings (SSSR count). The Morgan fingerprint density at radius 1 is 1.16 bits per heavy atom. The Bertz CT molecular complexity index is 1330. The zero-order valence-corrected chi connectivity index (χ0v) is 23.3. The fourth-order valence-electron chi connectivity index (χ4n) is 3.95. The number of rotatable bonds is 10. The molecule has 196 valence electrons. The number of halogens is 2. The van der Waals surface area contributed by atoms with Gasteiger partial charge in [0.05, 0.1) is 19.8 Å². The van der Waals surface area contributed by atoms with Crippen molar-refractivity contribution in [2.24, 2.45) is 0 Å². The average molecular weight is 564 g/mol. The third-order valence-electron chi connectivity index (χ3n) is 5.87. The van der Waals surface area contributed by atoms with E-state index in [2.05, 4.69) is 17.2 Å². The van der Waals surface area contributed by atoms with Gasteiger partial charge in [-0.05, 0) is 43.2 Å². The van der Waals surface area contributed by atoms with Crippen molar-refractivity contribution >= 4 is 46.9 Å². The molecule has 1 unspecified atom stereocenters. The van der Waals surface area contributed by atoms with Gasteiger partial charge in [0.15, 0.2) is 11.5 Å². The third kappa shape index (κ3) is 6.00. The summed E-state index contributed by atoms with van der Waals surface area (Å²) in [5, 5.41) is 9.64. The van der Waals surface area contributed by atoms with Crippen LogP contribution in [0.15, 0.2) is 52.8 Å². The second-order valence-electron chi connectivity index (χ2n) is 8.36. The van der Waals surface area contributed by atoms with E-state index in [9.17, 15) is 4.79 Å². The Morgan fingerprint density at radius 3 is 2.68 bits per heavy atom. The molecule has 1 atom stereocenters. The molecule has 0 saturated heterocycles. The number of esters is 1. The predicted molar refractivity (Wildman–Crippen MR) is 146 cm³/mol. The topological polar surface area (TPSA) is 87.5 Å². The van der Waals surface area contributed by atoms with Gasteiger partial charge in [0.1, 0.15) is 12.6 Å². The van der Waals surface area contributed by atoms with Gasteiger partial charge in [-0.1, -0.05) is 60.4 Å². The molecule has 1 aliphatic rings. The number of aromatic nitrogens is 3. The Hall–Kier alpha value is -2.88. The summed E-state index contributed by atoms with van der Waals surface area (Å²) >= 11 is 13.9. The van der Waals surface area contributed by atoms with Crippen LogP contribution in [0.1, 0.15) is 43.9 Å². The lowest BCUT2D eigenvalue weighted by Gasteiger charge is -2.28. The van der Waals surface area contributed by atoms with E-state index >= 15 is 0 Å². The lowest BCUT2D eigenvalue weighted by Crippen LogP contribution is -2.29. The van der Waals surface area contributed by atoms with E-state index in [0.29, 0.717) is 43.9 Å². The molecule has 1 N–H and O–H groups in total. The molecule has 0 amide bonds. The average Bonchev–Trinajstić information content (AvgIpc) is 3.29. The molecule has 8 nitrogen and oxygen atoms in total. The quantitative estimate of drug-likeness (QED) is 0.169. The molecular formula is C26H28Cl2N4O4S. The standard InChI is InChI=1S/C26H28Cl2N4O4S/c1-5-6-11-37-26-30-25-29-15(2)22(24(33)35-4)23(32(25)31-26)16-8-10-20(21(12-16)34-3)36-14-17-7-9-18(27)13-19(17)28/h7-10,12-13,23H,5-6,11,14H2,1-4H3,(H,29,30,31). The number of hydrogen-bond donors (Lipinski definition) is 1. The highest BCUT2D eigenvalue weighted by atomic mass is 35.5. The van der Waals surface area contributed by atoms with Crippen molar-refractivity contribution in [2.45, 2.75) is 44.5 Å². The number of unbranched alkanes of at least 4 members (excludes halogenated alkanes) is 1. The summed E-state index contributed by atoms with van der Waals surface area (Å²) in [6.45, 7) is 4.20. The molecule has 2 aromatic carbocycles. The SMILES string of the molecule is CCCCSc1nc2n(n1)C(c1ccc(OCc3ccc(Cl)cc3Cl)c(OC)c1)C(C(=O)OC)=C(C)N2. The maximum atomic E-state index is 12.9. The molecule has 0 bridgehead atoms. The van der Waals surface area contributed by atoms with E-state index in [1.54, 1.807) is 41.8 Å². The number of anilines is 1. The molecule has 0 saturated carbocycles. The number of carbonyl (C=O) groups excluding carboxylic acids is 1. The number of carbonyl (C=O) groups is 1. The number of ether oxygens (including phenoxy) is 3. The summed E-state index contributed by atoms with van der Waals surface area (Å²) in [5.74, 6) is 2.06. The smallest absolute Gasteiger partial charge is 0.338 e. The van der Waals surface area contributed by atoms with Crippen LogP contribution in [0, 0.1) is 0 Å². The molecule has 2 heterocycles. The molecule has 1 aliphatic heterocycles. The number of allylic oxidation sites excluding steroid dienone is 1. The summed E-state index contributed by atoms with van der Waals surface area (Å²) < 4.78 is 18.5. The number of fused-ring (bicyclic) bond motifs is 1. The summed E-state index contributed by atoms with van der Waals surface area (Å²) in [7, 11) is 2.93. The van der Waals surface area contributed by atoms with Crippen LogP contribution in [0.4, 0.5) is 5.95 Å². The summed E-state index contributed by atoms with van der Waals surface area (Å²) in [5.41, 5.74) is 2.65. The van der Waals surface area contributed by atoms with Crippen molar-refractivity contribution in [3.05, 3.63) is 68.8 Å². The number of thioether (sulfide) groups is 1. The minimum absolute atomic E-state index is 0.233. The minimum Gasteiger partial charge on any atom is -0.493 e. The van der Waals surface area contributed by atoms with Crippen LogP contribution in [-0.2, 0) is 16.1 Å². The molecule has 0 fully saturated rings. The van der Waals surface area contributed by atoms with Gasteiger partial charge in [0.2, 0.25) is 11.1 Å². The summed E-state index contributed by atoms with van der Waals surface area (Å²) in [6, 6.07) is 10.2. The van der Waals surface area contributed by atoms with Crippen LogP contribution in [-0.4, -0.2) is 40.7 Å². The molecule has 1 aromatic heterocycles. The lowest BCUT2D eigenvalue weighted by molar-refractivity contribution is -0.136. The van der Waals surface area contributed by atoms with Crippen molar-refractivity contribution in [2.75, 3.05) is 25.3 Å². The van der Waals surface area contributed by atoms with Gasteiger partial charge in [-0.2, -0.15) is 4.98 Å². The van der Waals surface area contributed by atoms with E-state index < -0.39 is 12.0 Å². The Kier molecular flexibility index (Phi) is 8.89. The summed E-state index contributed by atoms with van der Waals surface area (Å²) in [4.78, 5) is 17.5. The Morgan fingerprint density at radius 2 is 1.97 bits per heavy atom. The van der Waals surface area contributed by atoms with E-state index in [4.69, 9.17) is 42.5 Å². The second-order valence-corrected chi connectivity index (χ2v) is 10.3. The molecule has 0 radical (unpaired) electrons. The first kappa shape index (κ1) is 27.2. The van der Waals surface area contributed by atoms with Crippen LogP contribution >= 0.6 is 35.0 Å². The van der Waals surface area contributed by atoms with Gasteiger partial charge >= 0.3 is 5.97 Å². The van der Waals surface area contributed by atoms with Crippen molar-refractivity contribution in [1.29, 1.82) is 0 Å². The predicted octanol–water partition coefficient (Wildman–Crippen LogP) is 6.53. The molecule has 3 aromatic rings. The van der Waals surface area contributed by atoms with Crippen molar-refractivity contribution < 1.29 is 19.0 Å². The molecule has 0 aliphatic carbocycles. The van der Waals surface area contributed by atoms with E-state index in [-0.39, 0.29) is 6.61 Å². The molecule has 0 spiro atoms. The van der Waals surface area contributed by atoms with Crippen LogP contribution in [0.25, 0.3) is 0 Å². The number of nitrogens with one attached hydrogen (secondary N) is 1. The highest BCUT2D eigenvalue weighted by molar-refractivity contribution is 7.99. The van der Waals surface area contributed by atoms with Crippen LogP contribution in [0.5, 0.6) is 11.5 Å². The Balaban J connectivity index is 1.68. The first-order valence-corrected chi connectivity index (χ1v) is 13.5. The van der Waals surface area contributed by atoms with Gasteiger partial charge < -0.3 is 19.5 Å². The number of benzene rings is 2. The van der Waals surface area contributed by atoms with Crippen LogP contribution < -0.4 is 14.8 Å². The fourth-order valence-corrected chi connectivity index (χ4v) is 5.33. The zero-order chi connectivity index (χ0) is 26.5. The van der Waals surface area contributed by atoms with Gasteiger partial charge in [-0.3, -0.25) is 0 Å².